The highest BCUT2D eigenvalue weighted by molar-refractivity contribution is 6.35. The molecule has 1 aliphatic rings. The zero-order chi connectivity index (χ0) is 13.3. The fourth-order valence-corrected chi connectivity index (χ4v) is 2.88. The van der Waals surface area contributed by atoms with Crippen molar-refractivity contribution in [3.63, 3.8) is 0 Å². The van der Waals surface area contributed by atoms with Crippen LogP contribution in [0.1, 0.15) is 43.5 Å². The molecule has 5 heteroatoms. The summed E-state index contributed by atoms with van der Waals surface area (Å²) < 4.78 is 0. The SMILES string of the molecule is C[C@@H]1CCC[C@H](C)N1C(=O)c1cc(Cl)ncc1Cl. The fraction of sp³-hybridized carbons (Fsp3) is 0.538. The van der Waals surface area contributed by atoms with Gasteiger partial charge in [-0.2, -0.15) is 0 Å². The molecule has 18 heavy (non-hydrogen) atoms. The van der Waals surface area contributed by atoms with Gasteiger partial charge in [0.25, 0.3) is 5.91 Å². The van der Waals surface area contributed by atoms with E-state index >= 15 is 0 Å². The predicted octanol–water partition coefficient (Wildman–Crippen LogP) is 3.79. The molecule has 0 saturated carbocycles. The highest BCUT2D eigenvalue weighted by atomic mass is 35.5. The van der Waals surface area contributed by atoms with Gasteiger partial charge in [0.2, 0.25) is 0 Å². The molecule has 1 saturated heterocycles. The van der Waals surface area contributed by atoms with Gasteiger partial charge in [0.1, 0.15) is 5.15 Å². The Kier molecular flexibility index (Phi) is 4.13. The Morgan fingerprint density at radius 2 is 1.94 bits per heavy atom. The molecule has 1 aromatic heterocycles. The first-order valence-electron chi connectivity index (χ1n) is 6.14. The molecule has 0 bridgehead atoms. The van der Waals surface area contributed by atoms with Crippen molar-refractivity contribution in [3.05, 3.63) is 28.0 Å². The van der Waals surface area contributed by atoms with Gasteiger partial charge in [-0.15, -0.1) is 0 Å². The number of carbonyl (C=O) groups is 1. The lowest BCUT2D eigenvalue weighted by Gasteiger charge is -2.39. The van der Waals surface area contributed by atoms with Gasteiger partial charge in [0.05, 0.1) is 10.6 Å². The number of pyridine rings is 1. The van der Waals surface area contributed by atoms with Crippen molar-refractivity contribution in [2.24, 2.45) is 0 Å². The molecule has 0 aromatic carbocycles. The van der Waals surface area contributed by atoms with Gasteiger partial charge in [0.15, 0.2) is 0 Å². The van der Waals surface area contributed by atoms with Gasteiger partial charge in [-0.1, -0.05) is 23.2 Å². The number of likely N-dealkylation sites (tertiary alicyclic amines) is 1. The molecule has 1 aromatic rings. The minimum atomic E-state index is -0.0519. The van der Waals surface area contributed by atoms with Crippen molar-refractivity contribution >= 4 is 29.1 Å². The van der Waals surface area contributed by atoms with Gasteiger partial charge in [-0.05, 0) is 39.2 Å². The third-order valence-electron chi connectivity index (χ3n) is 3.48. The van der Waals surface area contributed by atoms with E-state index in [-0.39, 0.29) is 18.0 Å². The molecule has 0 N–H and O–H groups in total. The van der Waals surface area contributed by atoms with Crippen LogP contribution in [0.2, 0.25) is 10.2 Å². The summed E-state index contributed by atoms with van der Waals surface area (Å²) in [5, 5.41) is 0.648. The van der Waals surface area contributed by atoms with Crippen LogP contribution in [0, 0.1) is 0 Å². The van der Waals surface area contributed by atoms with Gasteiger partial charge in [-0.3, -0.25) is 4.79 Å². The van der Waals surface area contributed by atoms with Crippen molar-refractivity contribution in [1.29, 1.82) is 0 Å². The lowest BCUT2D eigenvalue weighted by Crippen LogP contribution is -2.47. The number of hydrogen-bond donors (Lipinski definition) is 0. The molecule has 0 unspecified atom stereocenters. The molecular weight excluding hydrogens is 271 g/mol. The molecule has 3 nitrogen and oxygen atoms in total. The van der Waals surface area contributed by atoms with Crippen molar-refractivity contribution in [2.75, 3.05) is 0 Å². The predicted molar refractivity (Wildman–Crippen MR) is 73.2 cm³/mol. The number of piperidine rings is 1. The largest absolute Gasteiger partial charge is 0.333 e. The van der Waals surface area contributed by atoms with Crippen LogP contribution < -0.4 is 0 Å². The van der Waals surface area contributed by atoms with Crippen LogP contribution in [0.3, 0.4) is 0 Å². The van der Waals surface area contributed by atoms with E-state index in [1.807, 2.05) is 4.90 Å². The van der Waals surface area contributed by atoms with E-state index in [1.165, 1.54) is 6.20 Å². The monoisotopic (exact) mass is 286 g/mol. The van der Waals surface area contributed by atoms with Crippen LogP contribution in [-0.4, -0.2) is 27.9 Å². The van der Waals surface area contributed by atoms with Crippen LogP contribution in [0.4, 0.5) is 0 Å². The summed E-state index contributed by atoms with van der Waals surface area (Å²) in [6.07, 6.45) is 4.66. The molecule has 2 rings (SSSR count). The van der Waals surface area contributed by atoms with Gasteiger partial charge < -0.3 is 4.90 Å². The summed E-state index contributed by atoms with van der Waals surface area (Å²) in [7, 11) is 0. The average Bonchev–Trinajstić information content (AvgIpc) is 2.32. The molecule has 2 heterocycles. The van der Waals surface area contributed by atoms with E-state index < -0.39 is 0 Å². The molecule has 0 radical (unpaired) electrons. The summed E-state index contributed by atoms with van der Waals surface area (Å²) >= 11 is 11.9. The Bertz CT molecular complexity index is 454. The second kappa shape index (κ2) is 5.45. The van der Waals surface area contributed by atoms with Crippen molar-refractivity contribution < 1.29 is 4.79 Å². The van der Waals surface area contributed by atoms with Crippen LogP contribution >= 0.6 is 23.2 Å². The number of halogens is 2. The average molecular weight is 287 g/mol. The van der Waals surface area contributed by atoms with E-state index in [2.05, 4.69) is 18.8 Å². The molecule has 1 fully saturated rings. The Morgan fingerprint density at radius 1 is 1.33 bits per heavy atom. The third kappa shape index (κ3) is 2.62. The summed E-state index contributed by atoms with van der Waals surface area (Å²) in [6, 6.07) is 2.02. The first-order chi connectivity index (χ1) is 8.50. The highest BCUT2D eigenvalue weighted by Crippen LogP contribution is 2.27. The standard InChI is InChI=1S/C13H16Cl2N2O/c1-8-4-3-5-9(2)17(8)13(18)10-6-12(15)16-7-11(10)14/h6-9H,3-5H2,1-2H3/t8-,9+. The smallest absolute Gasteiger partial charge is 0.256 e. The maximum atomic E-state index is 12.5. The second-order valence-electron chi connectivity index (χ2n) is 4.83. The van der Waals surface area contributed by atoms with Crippen LogP contribution in [0.5, 0.6) is 0 Å². The van der Waals surface area contributed by atoms with E-state index in [0.29, 0.717) is 15.7 Å². The Labute approximate surface area is 117 Å². The Morgan fingerprint density at radius 3 is 2.56 bits per heavy atom. The molecule has 2 atom stereocenters. The summed E-state index contributed by atoms with van der Waals surface area (Å²) in [6.45, 7) is 4.15. The van der Waals surface area contributed by atoms with Gasteiger partial charge >= 0.3 is 0 Å². The first-order valence-corrected chi connectivity index (χ1v) is 6.90. The maximum Gasteiger partial charge on any atom is 0.256 e. The van der Waals surface area contributed by atoms with Crippen LogP contribution in [-0.2, 0) is 0 Å². The van der Waals surface area contributed by atoms with Crippen molar-refractivity contribution in [3.8, 4) is 0 Å². The number of rotatable bonds is 1. The zero-order valence-electron chi connectivity index (χ0n) is 10.5. The van der Waals surface area contributed by atoms with Crippen LogP contribution in [0.15, 0.2) is 12.3 Å². The second-order valence-corrected chi connectivity index (χ2v) is 5.62. The minimum Gasteiger partial charge on any atom is -0.333 e. The van der Waals surface area contributed by atoms with E-state index in [9.17, 15) is 4.79 Å². The number of hydrogen-bond acceptors (Lipinski definition) is 2. The highest BCUT2D eigenvalue weighted by Gasteiger charge is 2.30. The van der Waals surface area contributed by atoms with E-state index in [1.54, 1.807) is 6.07 Å². The lowest BCUT2D eigenvalue weighted by molar-refractivity contribution is 0.0511. The Hall–Kier alpha value is -0.800. The fourth-order valence-electron chi connectivity index (χ4n) is 2.54. The first kappa shape index (κ1) is 13.6. The molecule has 0 spiro atoms. The number of aromatic nitrogens is 1. The van der Waals surface area contributed by atoms with Gasteiger partial charge in [0, 0.05) is 18.3 Å². The zero-order valence-corrected chi connectivity index (χ0v) is 12.0. The molecule has 0 aliphatic carbocycles. The minimum absolute atomic E-state index is 0.0519. The van der Waals surface area contributed by atoms with Crippen LogP contribution in [0.25, 0.3) is 0 Å². The van der Waals surface area contributed by atoms with Crippen molar-refractivity contribution in [1.82, 2.24) is 9.88 Å². The summed E-state index contributed by atoms with van der Waals surface area (Å²) in [5.41, 5.74) is 0.442. The summed E-state index contributed by atoms with van der Waals surface area (Å²) in [5.74, 6) is -0.0519. The van der Waals surface area contributed by atoms with E-state index in [4.69, 9.17) is 23.2 Å². The third-order valence-corrected chi connectivity index (χ3v) is 3.99. The number of carbonyl (C=O) groups excluding carboxylic acids is 1. The lowest BCUT2D eigenvalue weighted by atomic mass is 9.96. The molecule has 1 amide bonds. The summed E-state index contributed by atoms with van der Waals surface area (Å²) in [4.78, 5) is 18.3. The molecule has 1 aliphatic heterocycles. The molecular formula is C13H16Cl2N2O. The van der Waals surface area contributed by atoms with Gasteiger partial charge in [-0.25, -0.2) is 4.98 Å². The normalized spacial score (nSPS) is 24.1. The molecule has 98 valence electrons. The maximum absolute atomic E-state index is 12.5. The van der Waals surface area contributed by atoms with E-state index in [0.717, 1.165) is 19.3 Å². The topological polar surface area (TPSA) is 33.2 Å². The Balaban J connectivity index is 2.32. The quantitative estimate of drug-likeness (QED) is 0.736. The number of amides is 1. The van der Waals surface area contributed by atoms with Crippen molar-refractivity contribution in [2.45, 2.75) is 45.2 Å². The number of nitrogens with zero attached hydrogens (tertiary/aromatic N) is 2.